The summed E-state index contributed by atoms with van der Waals surface area (Å²) in [7, 11) is -3.42. The third-order valence-electron chi connectivity index (χ3n) is 2.62. The van der Waals surface area contributed by atoms with Gasteiger partial charge in [-0.05, 0) is 6.92 Å². The predicted octanol–water partition coefficient (Wildman–Crippen LogP) is 2.33. The van der Waals surface area contributed by atoms with Crippen LogP contribution >= 0.6 is 0 Å². The summed E-state index contributed by atoms with van der Waals surface area (Å²) < 4.78 is 37.7. The highest BCUT2D eigenvalue weighted by Gasteiger charge is 2.25. The summed E-state index contributed by atoms with van der Waals surface area (Å²) in [6.45, 7) is 1.84. The molecule has 1 atom stereocenters. The van der Waals surface area contributed by atoms with Crippen molar-refractivity contribution in [3.05, 3.63) is 47.4 Å². The van der Waals surface area contributed by atoms with Crippen molar-refractivity contribution in [1.29, 1.82) is 0 Å². The van der Waals surface area contributed by atoms with Crippen LogP contribution in [0.1, 0.15) is 25.2 Å². The monoisotopic (exact) mass is 284 g/mol. The molecule has 0 saturated heterocycles. The average molecular weight is 284 g/mol. The van der Waals surface area contributed by atoms with E-state index in [4.69, 9.17) is 9.47 Å². The smallest absolute Gasteiger partial charge is 0.267 e. The first-order valence-electron chi connectivity index (χ1n) is 5.88. The van der Waals surface area contributed by atoms with Crippen molar-refractivity contribution >= 4 is 10.1 Å². The Labute approximate surface area is 112 Å². The fourth-order valence-electron chi connectivity index (χ4n) is 1.73. The molecule has 1 heterocycles. The minimum Gasteiger partial charge on any atom is -0.452 e. The molecule has 0 aliphatic carbocycles. The topological polar surface area (TPSA) is 61.8 Å². The molecule has 1 aliphatic heterocycles. The lowest BCUT2D eigenvalue weighted by atomic mass is 10.2. The van der Waals surface area contributed by atoms with Gasteiger partial charge in [0.2, 0.25) is 0 Å². The average Bonchev–Trinajstić information content (AvgIpc) is 2.71. The van der Waals surface area contributed by atoms with Gasteiger partial charge in [-0.15, -0.1) is 0 Å². The fourth-order valence-corrected chi connectivity index (χ4v) is 2.12. The molecule has 0 saturated carbocycles. The number of hydrogen-bond donors (Lipinski definition) is 0. The third kappa shape index (κ3) is 3.97. The van der Waals surface area contributed by atoms with Crippen molar-refractivity contribution < 1.29 is 22.1 Å². The molecule has 6 heteroatoms. The lowest BCUT2D eigenvalue weighted by Gasteiger charge is -2.12. The molecule has 0 fully saturated rings. The Bertz CT molecular complexity index is 562. The molecule has 0 bridgehead atoms. The number of ether oxygens (including phenoxy) is 2. The summed E-state index contributed by atoms with van der Waals surface area (Å²) in [6.07, 6.45) is 0.921. The fraction of sp³-hybridized carbons (Fsp3) is 0.385. The first-order valence-corrected chi connectivity index (χ1v) is 7.70. The molecule has 0 spiro atoms. The maximum Gasteiger partial charge on any atom is 0.267 e. The van der Waals surface area contributed by atoms with E-state index in [0.717, 1.165) is 11.8 Å². The largest absolute Gasteiger partial charge is 0.452 e. The van der Waals surface area contributed by atoms with Gasteiger partial charge in [0.25, 0.3) is 16.4 Å². The Morgan fingerprint density at radius 1 is 1.21 bits per heavy atom. The molecule has 0 radical (unpaired) electrons. The van der Waals surface area contributed by atoms with E-state index in [1.807, 2.05) is 30.3 Å². The summed E-state index contributed by atoms with van der Waals surface area (Å²) in [4.78, 5) is 0. The third-order valence-corrected chi connectivity index (χ3v) is 3.22. The first-order chi connectivity index (χ1) is 8.96. The van der Waals surface area contributed by atoms with Crippen LogP contribution < -0.4 is 0 Å². The summed E-state index contributed by atoms with van der Waals surface area (Å²) >= 11 is 0. The van der Waals surface area contributed by atoms with Gasteiger partial charge in [0.1, 0.15) is 11.5 Å². The van der Waals surface area contributed by atoms with Crippen LogP contribution in [0, 0.1) is 0 Å². The van der Waals surface area contributed by atoms with E-state index >= 15 is 0 Å². The van der Waals surface area contributed by atoms with E-state index in [2.05, 4.69) is 4.18 Å². The van der Waals surface area contributed by atoms with Gasteiger partial charge < -0.3 is 9.47 Å². The second-order valence-corrected chi connectivity index (χ2v) is 5.88. The van der Waals surface area contributed by atoms with Gasteiger partial charge in [0, 0.05) is 12.0 Å². The van der Waals surface area contributed by atoms with Crippen molar-refractivity contribution in [2.24, 2.45) is 0 Å². The minimum atomic E-state index is -3.42. The Hall–Kier alpha value is -1.53. The van der Waals surface area contributed by atoms with Crippen molar-refractivity contribution in [2.45, 2.75) is 19.6 Å². The minimum absolute atomic E-state index is 0.0520. The van der Waals surface area contributed by atoms with E-state index < -0.39 is 16.4 Å². The summed E-state index contributed by atoms with van der Waals surface area (Å²) in [5.74, 6) is 1.28. The molecular weight excluding hydrogens is 268 g/mol. The number of hydrogen-bond acceptors (Lipinski definition) is 5. The van der Waals surface area contributed by atoms with Gasteiger partial charge in [-0.3, -0.25) is 4.18 Å². The summed E-state index contributed by atoms with van der Waals surface area (Å²) in [5, 5.41) is 0. The van der Waals surface area contributed by atoms with Crippen LogP contribution in [-0.4, -0.2) is 21.3 Å². The van der Waals surface area contributed by atoms with Crippen molar-refractivity contribution in [3.63, 3.8) is 0 Å². The Kier molecular flexibility index (Phi) is 4.11. The van der Waals surface area contributed by atoms with Crippen molar-refractivity contribution in [1.82, 2.24) is 0 Å². The van der Waals surface area contributed by atoms with Gasteiger partial charge >= 0.3 is 0 Å². The van der Waals surface area contributed by atoms with Crippen LogP contribution in [0.25, 0.3) is 0 Å². The van der Waals surface area contributed by atoms with Gasteiger partial charge in [-0.2, -0.15) is 8.42 Å². The Morgan fingerprint density at radius 2 is 1.89 bits per heavy atom. The molecule has 19 heavy (non-hydrogen) atoms. The van der Waals surface area contributed by atoms with Gasteiger partial charge in [-0.25, -0.2) is 0 Å². The van der Waals surface area contributed by atoms with E-state index in [0.29, 0.717) is 17.9 Å². The number of benzene rings is 1. The molecule has 1 aromatic rings. The molecule has 0 amide bonds. The number of allylic oxidation sites excluding steroid dienone is 1. The molecule has 5 nitrogen and oxygen atoms in total. The molecule has 0 N–H and O–H groups in total. The second-order valence-electron chi connectivity index (χ2n) is 4.23. The molecule has 104 valence electrons. The van der Waals surface area contributed by atoms with E-state index in [1.54, 1.807) is 6.92 Å². The lowest BCUT2D eigenvalue weighted by molar-refractivity contribution is -0.0432. The second kappa shape index (κ2) is 5.63. The van der Waals surface area contributed by atoms with Gasteiger partial charge in [0.05, 0.1) is 12.9 Å². The van der Waals surface area contributed by atoms with Crippen LogP contribution in [0.4, 0.5) is 0 Å². The van der Waals surface area contributed by atoms with Crippen LogP contribution in [0.15, 0.2) is 41.9 Å². The van der Waals surface area contributed by atoms with Gasteiger partial charge in [0.15, 0.2) is 0 Å². The van der Waals surface area contributed by atoms with Crippen LogP contribution in [0.5, 0.6) is 0 Å². The highest BCUT2D eigenvalue weighted by Crippen LogP contribution is 2.34. The Balaban J connectivity index is 1.92. The summed E-state index contributed by atoms with van der Waals surface area (Å²) in [6, 6.07) is 9.55. The molecule has 0 aromatic heterocycles. The quantitative estimate of drug-likeness (QED) is 0.777. The van der Waals surface area contributed by atoms with Crippen molar-refractivity contribution in [2.75, 3.05) is 12.9 Å². The molecule has 1 aromatic carbocycles. The van der Waals surface area contributed by atoms with Crippen molar-refractivity contribution in [3.8, 4) is 0 Å². The zero-order chi connectivity index (χ0) is 13.9. The molecule has 2 rings (SSSR count). The molecule has 1 aliphatic rings. The zero-order valence-corrected chi connectivity index (χ0v) is 11.6. The van der Waals surface area contributed by atoms with Gasteiger partial charge in [-0.1, -0.05) is 30.3 Å². The maximum absolute atomic E-state index is 10.9. The normalized spacial score (nSPS) is 19.2. The molecular formula is C13H16O5S. The number of rotatable bonds is 5. The Morgan fingerprint density at radius 3 is 2.53 bits per heavy atom. The zero-order valence-electron chi connectivity index (χ0n) is 10.8. The van der Waals surface area contributed by atoms with E-state index in [1.165, 1.54) is 0 Å². The lowest BCUT2D eigenvalue weighted by Crippen LogP contribution is -2.05. The van der Waals surface area contributed by atoms with E-state index in [-0.39, 0.29) is 6.61 Å². The van der Waals surface area contributed by atoms with Crippen LogP contribution in [0.2, 0.25) is 0 Å². The first kappa shape index (κ1) is 13.9. The highest BCUT2D eigenvalue weighted by atomic mass is 32.2. The van der Waals surface area contributed by atoms with E-state index in [9.17, 15) is 8.42 Å². The summed E-state index contributed by atoms with van der Waals surface area (Å²) in [5.41, 5.74) is 0.917. The van der Waals surface area contributed by atoms with Crippen LogP contribution in [-0.2, 0) is 23.8 Å². The highest BCUT2D eigenvalue weighted by molar-refractivity contribution is 7.85. The SMILES string of the molecule is CC1=C(CCOS(C)(=O)=O)OC(c2ccccc2)O1. The molecule has 1 unspecified atom stereocenters. The predicted molar refractivity (Wildman–Crippen MR) is 69.5 cm³/mol. The van der Waals surface area contributed by atoms with Crippen LogP contribution in [0.3, 0.4) is 0 Å². The maximum atomic E-state index is 10.9. The standard InChI is InChI=1S/C13H16O5S/c1-10-12(8-9-16-19(2,14)15)18-13(17-10)11-6-4-3-5-7-11/h3-7,13H,8-9H2,1-2H3.